The zero-order valence-electron chi connectivity index (χ0n) is 18.0. The number of anilines is 1. The van der Waals surface area contributed by atoms with Gasteiger partial charge in [0.2, 0.25) is 11.8 Å². The maximum Gasteiger partial charge on any atom is 0.250 e. The third-order valence-corrected chi connectivity index (χ3v) is 6.15. The second-order valence-corrected chi connectivity index (χ2v) is 7.95. The quantitative estimate of drug-likeness (QED) is 0.609. The lowest BCUT2D eigenvalue weighted by molar-refractivity contribution is -0.137. The monoisotopic (exact) mass is 421 g/mol. The van der Waals surface area contributed by atoms with E-state index in [1.54, 1.807) is 37.3 Å². The fourth-order valence-corrected chi connectivity index (χ4v) is 4.23. The van der Waals surface area contributed by atoms with Crippen molar-refractivity contribution in [1.82, 2.24) is 9.88 Å². The van der Waals surface area contributed by atoms with Crippen LogP contribution < -0.4 is 14.8 Å². The van der Waals surface area contributed by atoms with Crippen LogP contribution in [0.5, 0.6) is 11.5 Å². The molecule has 0 bridgehead atoms. The van der Waals surface area contributed by atoms with Crippen LogP contribution in [0.2, 0.25) is 0 Å². The average Bonchev–Trinajstić information content (AvgIpc) is 3.33. The normalized spacial score (nSPS) is 18.4. The van der Waals surface area contributed by atoms with E-state index in [0.717, 1.165) is 16.5 Å². The molecule has 1 fully saturated rings. The van der Waals surface area contributed by atoms with Crippen molar-refractivity contribution in [2.45, 2.75) is 31.7 Å². The number of amides is 2. The first-order chi connectivity index (χ1) is 15.0. The van der Waals surface area contributed by atoms with Crippen LogP contribution >= 0.6 is 0 Å². The van der Waals surface area contributed by atoms with Gasteiger partial charge in [0.15, 0.2) is 0 Å². The van der Waals surface area contributed by atoms with Crippen LogP contribution in [-0.2, 0) is 16.0 Å². The van der Waals surface area contributed by atoms with Crippen LogP contribution in [-0.4, -0.2) is 48.0 Å². The van der Waals surface area contributed by atoms with Crippen molar-refractivity contribution in [2.75, 3.05) is 26.1 Å². The fraction of sp³-hybridized carbons (Fsp3) is 0.333. The molecule has 3 aromatic rings. The van der Waals surface area contributed by atoms with E-state index >= 15 is 0 Å². The number of ether oxygens (including phenoxy) is 2. The maximum absolute atomic E-state index is 13.3. The van der Waals surface area contributed by atoms with Crippen LogP contribution in [0.4, 0.5) is 5.69 Å². The molecule has 2 amide bonds. The molecule has 1 unspecified atom stereocenters. The van der Waals surface area contributed by atoms with Gasteiger partial charge >= 0.3 is 0 Å². The van der Waals surface area contributed by atoms with Crippen molar-refractivity contribution in [1.29, 1.82) is 0 Å². The lowest BCUT2D eigenvalue weighted by Gasteiger charge is -2.34. The number of benzene rings is 2. The number of carbonyl (C=O) groups is 2. The molecule has 2 N–H and O–H groups in total. The van der Waals surface area contributed by atoms with Gasteiger partial charge in [-0.05, 0) is 43.5 Å². The Hall–Kier alpha value is -3.48. The number of nitrogens with one attached hydrogen (secondary N) is 2. The summed E-state index contributed by atoms with van der Waals surface area (Å²) < 4.78 is 10.6. The van der Waals surface area contributed by atoms with Gasteiger partial charge in [-0.2, -0.15) is 0 Å². The zero-order valence-corrected chi connectivity index (χ0v) is 18.0. The number of rotatable bonds is 7. The molecule has 4 rings (SSSR count). The molecule has 7 nitrogen and oxygen atoms in total. The Labute approximate surface area is 181 Å². The first-order valence-corrected chi connectivity index (χ1v) is 10.3. The second-order valence-electron chi connectivity index (χ2n) is 7.95. The third kappa shape index (κ3) is 3.83. The van der Waals surface area contributed by atoms with Crippen molar-refractivity contribution in [3.8, 4) is 11.5 Å². The molecule has 31 heavy (non-hydrogen) atoms. The summed E-state index contributed by atoms with van der Waals surface area (Å²) >= 11 is 0. The number of H-pyrrole nitrogens is 1. The number of carbonyl (C=O) groups excluding carboxylic acids is 2. The summed E-state index contributed by atoms with van der Waals surface area (Å²) in [6, 6.07) is 13.3. The number of nitrogens with zero attached hydrogens (tertiary/aromatic N) is 1. The van der Waals surface area contributed by atoms with E-state index < -0.39 is 5.54 Å². The lowest BCUT2D eigenvalue weighted by atomic mass is 9.96. The van der Waals surface area contributed by atoms with Gasteiger partial charge < -0.3 is 24.7 Å². The number of hydrogen-bond donors (Lipinski definition) is 2. The topological polar surface area (TPSA) is 83.7 Å². The minimum absolute atomic E-state index is 0.000753. The van der Waals surface area contributed by atoms with E-state index in [9.17, 15) is 9.59 Å². The molecule has 2 heterocycles. The van der Waals surface area contributed by atoms with E-state index in [2.05, 4.69) is 16.4 Å². The van der Waals surface area contributed by atoms with E-state index in [4.69, 9.17) is 9.47 Å². The van der Waals surface area contributed by atoms with Crippen LogP contribution in [0, 0.1) is 0 Å². The lowest BCUT2D eigenvalue weighted by Crippen LogP contribution is -2.52. The number of para-hydroxylation sites is 1. The first-order valence-electron chi connectivity index (χ1n) is 10.3. The minimum Gasteiger partial charge on any atom is -0.497 e. The van der Waals surface area contributed by atoms with Crippen LogP contribution in [0.25, 0.3) is 10.9 Å². The molecule has 0 spiro atoms. The largest absolute Gasteiger partial charge is 0.497 e. The molecular formula is C24H27N3O4. The molecule has 0 aliphatic carbocycles. The molecular weight excluding hydrogens is 394 g/mol. The van der Waals surface area contributed by atoms with Crippen molar-refractivity contribution in [3.63, 3.8) is 0 Å². The van der Waals surface area contributed by atoms with Gasteiger partial charge in [-0.15, -0.1) is 0 Å². The van der Waals surface area contributed by atoms with Gasteiger partial charge in [-0.1, -0.05) is 18.2 Å². The zero-order chi connectivity index (χ0) is 22.0. The molecule has 0 saturated carbocycles. The van der Waals surface area contributed by atoms with Gasteiger partial charge in [0, 0.05) is 36.1 Å². The van der Waals surface area contributed by atoms with Crippen molar-refractivity contribution in [3.05, 3.63) is 54.2 Å². The summed E-state index contributed by atoms with van der Waals surface area (Å²) in [5.41, 5.74) is 1.83. The Morgan fingerprint density at radius 3 is 2.77 bits per heavy atom. The highest BCUT2D eigenvalue weighted by Gasteiger charge is 2.47. The van der Waals surface area contributed by atoms with Gasteiger partial charge in [0.25, 0.3) is 0 Å². The van der Waals surface area contributed by atoms with Crippen LogP contribution in [0.15, 0.2) is 48.7 Å². The highest BCUT2D eigenvalue weighted by atomic mass is 16.5. The first kappa shape index (κ1) is 20.8. The maximum atomic E-state index is 13.3. The minimum atomic E-state index is -0.922. The van der Waals surface area contributed by atoms with E-state index in [1.165, 1.54) is 0 Å². The average molecular weight is 421 g/mol. The predicted molar refractivity (Wildman–Crippen MR) is 120 cm³/mol. The Bertz CT molecular complexity index is 1120. The number of hydrogen-bond acceptors (Lipinski definition) is 4. The number of aromatic nitrogens is 1. The highest BCUT2D eigenvalue weighted by molar-refractivity contribution is 6.03. The Morgan fingerprint density at radius 2 is 2.00 bits per heavy atom. The summed E-state index contributed by atoms with van der Waals surface area (Å²) in [4.78, 5) is 30.9. The molecule has 1 aliphatic heterocycles. The van der Waals surface area contributed by atoms with E-state index in [1.807, 2.05) is 31.3 Å². The molecule has 2 aromatic carbocycles. The summed E-state index contributed by atoms with van der Waals surface area (Å²) in [5.74, 6) is 0.920. The molecule has 1 aromatic heterocycles. The highest BCUT2D eigenvalue weighted by Crippen LogP contribution is 2.34. The second kappa shape index (κ2) is 8.34. The number of likely N-dealkylation sites (tertiary alicyclic amines) is 1. The summed E-state index contributed by atoms with van der Waals surface area (Å²) in [6.45, 7) is 2.31. The summed E-state index contributed by atoms with van der Waals surface area (Å²) in [7, 11) is 3.11. The van der Waals surface area contributed by atoms with Gasteiger partial charge in [0.1, 0.15) is 17.0 Å². The van der Waals surface area contributed by atoms with Crippen LogP contribution in [0.3, 0.4) is 0 Å². The molecule has 1 atom stereocenters. The SMILES string of the molecule is COc1ccc(NC(=O)C2(C)CCC(=O)N2CCc2c[nH]c3ccccc23)c(OC)c1. The van der Waals surface area contributed by atoms with Gasteiger partial charge in [-0.3, -0.25) is 9.59 Å². The number of fused-ring (bicyclic) bond motifs is 1. The molecule has 1 aliphatic rings. The summed E-state index contributed by atoms with van der Waals surface area (Å²) in [6.07, 6.45) is 3.48. The standard InChI is InChI=1S/C24H27N3O4/c1-24(23(29)26-20-9-8-17(30-2)14-21(20)31-3)12-10-22(28)27(24)13-11-16-15-25-19-7-5-4-6-18(16)19/h4-9,14-15,25H,10-13H2,1-3H3,(H,26,29). The number of methoxy groups -OCH3 is 2. The van der Waals surface area contributed by atoms with Crippen molar-refractivity contribution >= 4 is 28.4 Å². The molecule has 0 radical (unpaired) electrons. The smallest absolute Gasteiger partial charge is 0.250 e. The van der Waals surface area contributed by atoms with Crippen LogP contribution in [0.1, 0.15) is 25.3 Å². The van der Waals surface area contributed by atoms with Gasteiger partial charge in [-0.25, -0.2) is 0 Å². The van der Waals surface area contributed by atoms with Gasteiger partial charge in [0.05, 0.1) is 19.9 Å². The molecule has 1 saturated heterocycles. The Balaban J connectivity index is 1.52. The predicted octanol–water partition coefficient (Wildman–Crippen LogP) is 3.75. The fourth-order valence-electron chi connectivity index (χ4n) is 4.23. The molecule has 162 valence electrons. The van der Waals surface area contributed by atoms with E-state index in [0.29, 0.717) is 43.0 Å². The number of aromatic amines is 1. The van der Waals surface area contributed by atoms with Crippen molar-refractivity contribution in [2.24, 2.45) is 0 Å². The molecule has 7 heteroatoms. The Morgan fingerprint density at radius 1 is 1.19 bits per heavy atom. The van der Waals surface area contributed by atoms with Crippen molar-refractivity contribution < 1.29 is 19.1 Å². The third-order valence-electron chi connectivity index (χ3n) is 6.15. The Kier molecular flexibility index (Phi) is 5.59. The summed E-state index contributed by atoms with van der Waals surface area (Å²) in [5, 5.41) is 4.09. The van der Waals surface area contributed by atoms with E-state index in [-0.39, 0.29) is 11.8 Å².